The summed E-state index contributed by atoms with van der Waals surface area (Å²) in [5.74, 6) is -0.432. The summed E-state index contributed by atoms with van der Waals surface area (Å²) in [6, 6.07) is 6.87. The van der Waals surface area contributed by atoms with Gasteiger partial charge in [-0.3, -0.25) is 4.79 Å². The molecule has 0 aliphatic carbocycles. The van der Waals surface area contributed by atoms with E-state index in [2.05, 4.69) is 5.32 Å². The zero-order chi connectivity index (χ0) is 15.9. The Morgan fingerprint density at radius 3 is 2.57 bits per heavy atom. The minimum Gasteiger partial charge on any atom is -0.481 e. The Balaban J connectivity index is 2.59. The summed E-state index contributed by atoms with van der Waals surface area (Å²) >= 11 is 0. The second-order valence-corrected chi connectivity index (χ2v) is 7.40. The number of aliphatic carboxylic acids is 1. The van der Waals surface area contributed by atoms with E-state index in [-0.39, 0.29) is 18.1 Å². The number of anilines is 1. The average molecular weight is 313 g/mol. The van der Waals surface area contributed by atoms with Crippen LogP contribution < -0.4 is 5.32 Å². The van der Waals surface area contributed by atoms with Gasteiger partial charge >= 0.3 is 5.97 Å². The maximum absolute atomic E-state index is 12.0. The van der Waals surface area contributed by atoms with Crippen LogP contribution in [0.5, 0.6) is 0 Å². The fourth-order valence-electron chi connectivity index (χ4n) is 2.01. The van der Waals surface area contributed by atoms with E-state index in [4.69, 9.17) is 5.11 Å². The second kappa shape index (κ2) is 8.02. The molecule has 0 spiro atoms. The highest BCUT2D eigenvalue weighted by Gasteiger charge is 2.15. The van der Waals surface area contributed by atoms with Gasteiger partial charge in [0.1, 0.15) is 0 Å². The molecule has 0 amide bonds. The van der Waals surface area contributed by atoms with Crippen molar-refractivity contribution in [3.8, 4) is 0 Å². The van der Waals surface area contributed by atoms with Crippen LogP contribution in [0.4, 0.5) is 5.69 Å². The van der Waals surface area contributed by atoms with E-state index in [1.807, 2.05) is 6.92 Å². The fourth-order valence-corrected chi connectivity index (χ4v) is 3.08. The Morgan fingerprint density at radius 1 is 1.29 bits per heavy atom. The van der Waals surface area contributed by atoms with Crippen LogP contribution in [0.1, 0.15) is 33.1 Å². The van der Waals surface area contributed by atoms with Crippen LogP contribution >= 0.6 is 0 Å². The van der Waals surface area contributed by atoms with Gasteiger partial charge in [0.05, 0.1) is 16.3 Å². The van der Waals surface area contributed by atoms with Crippen molar-refractivity contribution >= 4 is 21.5 Å². The molecule has 6 heteroatoms. The summed E-state index contributed by atoms with van der Waals surface area (Å²) in [5.41, 5.74) is 0.616. The van der Waals surface area contributed by atoms with Crippen molar-refractivity contribution in [2.24, 2.45) is 5.92 Å². The molecule has 0 fully saturated rings. The number of carboxylic acids is 1. The lowest BCUT2D eigenvalue weighted by atomic mass is 10.0. The number of hydrogen-bond acceptors (Lipinski definition) is 4. The standard InChI is InChI=1S/C15H23NO4S/c1-3-21(19,20)14-7-5-4-6-13(14)16-11-10-12(2)8-9-15(17)18/h4-7,12,16H,3,8-11H2,1-2H3,(H,17,18). The van der Waals surface area contributed by atoms with Gasteiger partial charge in [-0.2, -0.15) is 0 Å². The van der Waals surface area contributed by atoms with Gasteiger partial charge in [-0.15, -0.1) is 0 Å². The molecule has 1 aromatic rings. The summed E-state index contributed by atoms with van der Waals surface area (Å²) in [6.07, 6.45) is 1.60. The largest absolute Gasteiger partial charge is 0.481 e. The predicted octanol–water partition coefficient (Wildman–Crippen LogP) is 2.78. The van der Waals surface area contributed by atoms with Gasteiger partial charge in [-0.05, 0) is 30.9 Å². The average Bonchev–Trinajstić information content (AvgIpc) is 2.45. The maximum atomic E-state index is 12.0. The van der Waals surface area contributed by atoms with Crippen LogP contribution in [0.2, 0.25) is 0 Å². The van der Waals surface area contributed by atoms with Crippen molar-refractivity contribution in [2.45, 2.75) is 38.0 Å². The third-order valence-corrected chi connectivity index (χ3v) is 5.19. The molecule has 0 aliphatic rings. The lowest BCUT2D eigenvalue weighted by molar-refractivity contribution is -0.137. The molecular weight excluding hydrogens is 290 g/mol. The Morgan fingerprint density at radius 2 is 1.95 bits per heavy atom. The Bertz CT molecular complexity index is 569. The summed E-state index contributed by atoms with van der Waals surface area (Å²) in [4.78, 5) is 10.8. The topological polar surface area (TPSA) is 83.5 Å². The first kappa shape index (κ1) is 17.5. The van der Waals surface area contributed by atoms with Gasteiger partial charge in [-0.1, -0.05) is 26.0 Å². The zero-order valence-electron chi connectivity index (χ0n) is 12.5. The number of carboxylic acid groups (broad SMARTS) is 1. The quantitative estimate of drug-likeness (QED) is 0.732. The Kier molecular flexibility index (Phi) is 6.68. The van der Waals surface area contributed by atoms with E-state index in [0.29, 0.717) is 23.5 Å². The molecule has 0 heterocycles. The zero-order valence-corrected chi connectivity index (χ0v) is 13.3. The third-order valence-electron chi connectivity index (χ3n) is 3.41. The van der Waals surface area contributed by atoms with Gasteiger partial charge in [0.25, 0.3) is 0 Å². The van der Waals surface area contributed by atoms with Crippen molar-refractivity contribution in [2.75, 3.05) is 17.6 Å². The number of carbonyl (C=O) groups is 1. The van der Waals surface area contributed by atoms with E-state index >= 15 is 0 Å². The first-order valence-electron chi connectivity index (χ1n) is 7.14. The fraction of sp³-hybridized carbons (Fsp3) is 0.533. The molecule has 1 aromatic carbocycles. The Labute approximate surface area is 126 Å². The number of nitrogens with one attached hydrogen (secondary N) is 1. The van der Waals surface area contributed by atoms with E-state index in [9.17, 15) is 13.2 Å². The number of sulfone groups is 1. The molecule has 2 N–H and O–H groups in total. The van der Waals surface area contributed by atoms with Crippen LogP contribution in [-0.2, 0) is 14.6 Å². The van der Waals surface area contributed by atoms with Crippen molar-refractivity contribution in [3.05, 3.63) is 24.3 Å². The van der Waals surface area contributed by atoms with Crippen molar-refractivity contribution in [1.29, 1.82) is 0 Å². The summed E-state index contributed by atoms with van der Waals surface area (Å²) < 4.78 is 24.0. The molecule has 118 valence electrons. The van der Waals surface area contributed by atoms with Gasteiger partial charge in [0.2, 0.25) is 0 Å². The van der Waals surface area contributed by atoms with Crippen LogP contribution in [0.3, 0.4) is 0 Å². The maximum Gasteiger partial charge on any atom is 0.303 e. The first-order valence-corrected chi connectivity index (χ1v) is 8.79. The van der Waals surface area contributed by atoms with Crippen LogP contribution in [0.25, 0.3) is 0 Å². The molecule has 0 aromatic heterocycles. The van der Waals surface area contributed by atoms with E-state index < -0.39 is 15.8 Å². The lowest BCUT2D eigenvalue weighted by Gasteiger charge is -2.14. The Hall–Kier alpha value is -1.56. The molecule has 21 heavy (non-hydrogen) atoms. The minimum atomic E-state index is -3.24. The normalized spacial score (nSPS) is 12.9. The van der Waals surface area contributed by atoms with Gasteiger partial charge in [-0.25, -0.2) is 8.42 Å². The highest BCUT2D eigenvalue weighted by molar-refractivity contribution is 7.91. The third kappa shape index (κ3) is 5.75. The molecule has 0 bridgehead atoms. The SMILES string of the molecule is CCS(=O)(=O)c1ccccc1NCCC(C)CCC(=O)O. The number of hydrogen-bond donors (Lipinski definition) is 2. The smallest absolute Gasteiger partial charge is 0.303 e. The number of benzene rings is 1. The van der Waals surface area contributed by atoms with Crippen LogP contribution in [0, 0.1) is 5.92 Å². The summed E-state index contributed by atoms with van der Waals surface area (Å²) in [6.45, 7) is 4.25. The van der Waals surface area contributed by atoms with Gasteiger partial charge in [0, 0.05) is 13.0 Å². The van der Waals surface area contributed by atoms with Crippen molar-refractivity contribution in [3.63, 3.8) is 0 Å². The van der Waals surface area contributed by atoms with Crippen LogP contribution in [-0.4, -0.2) is 31.8 Å². The molecule has 0 saturated heterocycles. The monoisotopic (exact) mass is 313 g/mol. The van der Waals surface area contributed by atoms with E-state index in [1.54, 1.807) is 31.2 Å². The molecule has 5 nitrogen and oxygen atoms in total. The first-order chi connectivity index (χ1) is 9.86. The summed E-state index contributed by atoms with van der Waals surface area (Å²) in [5, 5.41) is 11.8. The van der Waals surface area contributed by atoms with Gasteiger partial charge < -0.3 is 10.4 Å². The summed E-state index contributed by atoms with van der Waals surface area (Å²) in [7, 11) is -3.24. The predicted molar refractivity (Wildman–Crippen MR) is 83.3 cm³/mol. The molecule has 0 radical (unpaired) electrons. The lowest BCUT2D eigenvalue weighted by Crippen LogP contribution is -2.12. The molecule has 1 rings (SSSR count). The van der Waals surface area contributed by atoms with Crippen molar-refractivity contribution in [1.82, 2.24) is 0 Å². The van der Waals surface area contributed by atoms with Gasteiger partial charge in [0.15, 0.2) is 9.84 Å². The number of rotatable bonds is 9. The van der Waals surface area contributed by atoms with E-state index in [0.717, 1.165) is 6.42 Å². The number of para-hydroxylation sites is 1. The highest BCUT2D eigenvalue weighted by atomic mass is 32.2. The minimum absolute atomic E-state index is 0.0701. The molecular formula is C15H23NO4S. The second-order valence-electron chi connectivity index (χ2n) is 5.15. The molecule has 0 aliphatic heterocycles. The molecule has 1 atom stereocenters. The molecule has 0 saturated carbocycles. The molecule has 1 unspecified atom stereocenters. The van der Waals surface area contributed by atoms with Crippen LogP contribution in [0.15, 0.2) is 29.2 Å². The van der Waals surface area contributed by atoms with Crippen molar-refractivity contribution < 1.29 is 18.3 Å². The van der Waals surface area contributed by atoms with E-state index in [1.165, 1.54) is 0 Å². The highest BCUT2D eigenvalue weighted by Crippen LogP contribution is 2.22.